The minimum Gasteiger partial charge on any atom is -0.335 e. The van der Waals surface area contributed by atoms with Crippen molar-refractivity contribution in [3.63, 3.8) is 0 Å². The monoisotopic (exact) mass is 256 g/mol. The summed E-state index contributed by atoms with van der Waals surface area (Å²) < 4.78 is 2.27. The molecule has 0 aromatic carbocycles. The van der Waals surface area contributed by atoms with Gasteiger partial charge in [0, 0.05) is 29.7 Å². The van der Waals surface area contributed by atoms with E-state index in [1.54, 1.807) is 0 Å². The topological polar surface area (TPSA) is 17.8 Å². The fourth-order valence-corrected chi connectivity index (χ4v) is 3.03. The van der Waals surface area contributed by atoms with E-state index in [0.29, 0.717) is 16.7 Å². The number of halogens is 1. The van der Waals surface area contributed by atoms with Crippen LogP contribution in [0.5, 0.6) is 0 Å². The molecular weight excluding hydrogens is 240 g/mol. The van der Waals surface area contributed by atoms with Gasteiger partial charge in [-0.2, -0.15) is 0 Å². The molecule has 2 nitrogen and oxygen atoms in total. The van der Waals surface area contributed by atoms with E-state index in [9.17, 15) is 0 Å². The van der Waals surface area contributed by atoms with Crippen LogP contribution in [0.1, 0.15) is 38.4 Å². The first-order valence-corrected chi connectivity index (χ1v) is 6.30. The molecule has 3 unspecified atom stereocenters. The Morgan fingerprint density at radius 3 is 2.93 bits per heavy atom. The summed E-state index contributed by atoms with van der Waals surface area (Å²) in [5, 5.41) is 0. The summed E-state index contributed by atoms with van der Waals surface area (Å²) in [6, 6.07) is 0. The molecule has 1 aromatic rings. The fourth-order valence-electron chi connectivity index (χ4n) is 2.40. The van der Waals surface area contributed by atoms with Crippen molar-refractivity contribution in [1.82, 2.24) is 9.55 Å². The van der Waals surface area contributed by atoms with Gasteiger partial charge in [0.1, 0.15) is 5.82 Å². The number of alkyl halides is 1. The minimum absolute atomic E-state index is 0.648. The summed E-state index contributed by atoms with van der Waals surface area (Å²) in [4.78, 5) is 5.17. The lowest BCUT2D eigenvalue weighted by atomic mass is 9.97. The smallest absolute Gasteiger partial charge is 0.112 e. The number of aromatic nitrogens is 2. The molecule has 1 aromatic heterocycles. The standard InChI is InChI=1S/C11H17BrN2/c1-3-14-7-6-13-11(14)9-4-5-10(12)8(9)2/h6-10H,3-5H2,1-2H3. The van der Waals surface area contributed by atoms with Gasteiger partial charge in [-0.05, 0) is 25.7 Å². The predicted octanol–water partition coefficient (Wildman–Crippen LogP) is 3.18. The number of hydrogen-bond donors (Lipinski definition) is 0. The summed E-state index contributed by atoms with van der Waals surface area (Å²) in [6.07, 6.45) is 6.56. The van der Waals surface area contributed by atoms with Crippen LogP contribution in [-0.2, 0) is 6.54 Å². The molecule has 1 saturated carbocycles. The van der Waals surface area contributed by atoms with Crippen molar-refractivity contribution in [2.45, 2.75) is 44.0 Å². The first kappa shape index (κ1) is 10.2. The first-order chi connectivity index (χ1) is 6.74. The highest BCUT2D eigenvalue weighted by molar-refractivity contribution is 9.09. The second-order valence-electron chi connectivity index (χ2n) is 4.13. The quantitative estimate of drug-likeness (QED) is 0.744. The summed E-state index contributed by atoms with van der Waals surface area (Å²) in [6.45, 7) is 5.54. The van der Waals surface area contributed by atoms with Gasteiger partial charge in [0.2, 0.25) is 0 Å². The molecule has 1 aliphatic rings. The minimum atomic E-state index is 0.648. The van der Waals surface area contributed by atoms with Crippen molar-refractivity contribution in [1.29, 1.82) is 0 Å². The van der Waals surface area contributed by atoms with Crippen LogP contribution in [0.15, 0.2) is 12.4 Å². The Hall–Kier alpha value is -0.310. The third-order valence-corrected chi connectivity index (χ3v) is 4.67. The molecule has 3 atom stereocenters. The van der Waals surface area contributed by atoms with Crippen LogP contribution in [0.4, 0.5) is 0 Å². The normalized spacial score (nSPS) is 32.4. The van der Waals surface area contributed by atoms with E-state index in [2.05, 4.69) is 45.5 Å². The zero-order chi connectivity index (χ0) is 10.1. The molecule has 0 amide bonds. The molecule has 0 N–H and O–H groups in total. The van der Waals surface area contributed by atoms with Crippen molar-refractivity contribution in [2.24, 2.45) is 5.92 Å². The van der Waals surface area contributed by atoms with Crippen molar-refractivity contribution >= 4 is 15.9 Å². The van der Waals surface area contributed by atoms with E-state index < -0.39 is 0 Å². The average molecular weight is 257 g/mol. The van der Waals surface area contributed by atoms with Crippen LogP contribution in [0.2, 0.25) is 0 Å². The van der Waals surface area contributed by atoms with Crippen LogP contribution in [0.3, 0.4) is 0 Å². The van der Waals surface area contributed by atoms with Gasteiger partial charge in [-0.15, -0.1) is 0 Å². The summed E-state index contributed by atoms with van der Waals surface area (Å²) in [7, 11) is 0. The summed E-state index contributed by atoms with van der Waals surface area (Å²) >= 11 is 3.74. The van der Waals surface area contributed by atoms with Crippen molar-refractivity contribution in [3.8, 4) is 0 Å². The highest BCUT2D eigenvalue weighted by Crippen LogP contribution is 2.42. The Morgan fingerprint density at radius 1 is 1.57 bits per heavy atom. The van der Waals surface area contributed by atoms with Gasteiger partial charge in [-0.3, -0.25) is 0 Å². The van der Waals surface area contributed by atoms with E-state index in [1.165, 1.54) is 18.7 Å². The van der Waals surface area contributed by atoms with Crippen LogP contribution in [0, 0.1) is 5.92 Å². The lowest BCUT2D eigenvalue weighted by molar-refractivity contribution is 0.495. The summed E-state index contributed by atoms with van der Waals surface area (Å²) in [5.41, 5.74) is 0. The van der Waals surface area contributed by atoms with Gasteiger partial charge < -0.3 is 4.57 Å². The lowest BCUT2D eigenvalue weighted by Crippen LogP contribution is -2.13. The third-order valence-electron chi connectivity index (χ3n) is 3.38. The van der Waals surface area contributed by atoms with Gasteiger partial charge in [0.15, 0.2) is 0 Å². The maximum atomic E-state index is 4.50. The molecule has 0 saturated heterocycles. The molecule has 78 valence electrons. The molecule has 3 heteroatoms. The SMILES string of the molecule is CCn1ccnc1C1CCC(Br)C1C. The predicted molar refractivity (Wildman–Crippen MR) is 61.8 cm³/mol. The molecule has 1 aliphatic carbocycles. The first-order valence-electron chi connectivity index (χ1n) is 5.39. The number of imidazole rings is 1. The van der Waals surface area contributed by atoms with E-state index >= 15 is 0 Å². The molecule has 1 heterocycles. The Morgan fingerprint density at radius 2 is 2.36 bits per heavy atom. The van der Waals surface area contributed by atoms with Gasteiger partial charge in [0.25, 0.3) is 0 Å². The van der Waals surface area contributed by atoms with Gasteiger partial charge >= 0.3 is 0 Å². The van der Waals surface area contributed by atoms with Gasteiger partial charge in [-0.1, -0.05) is 22.9 Å². The van der Waals surface area contributed by atoms with Crippen LogP contribution in [-0.4, -0.2) is 14.4 Å². The zero-order valence-corrected chi connectivity index (χ0v) is 10.4. The molecule has 0 radical (unpaired) electrons. The third kappa shape index (κ3) is 1.62. The summed E-state index contributed by atoms with van der Waals surface area (Å²) in [5.74, 6) is 2.64. The van der Waals surface area contributed by atoms with Gasteiger partial charge in [-0.25, -0.2) is 4.98 Å². The Bertz CT molecular complexity index is 308. The molecule has 1 fully saturated rings. The van der Waals surface area contributed by atoms with Crippen molar-refractivity contribution < 1.29 is 0 Å². The highest BCUT2D eigenvalue weighted by atomic mass is 79.9. The average Bonchev–Trinajstić information content (AvgIpc) is 2.75. The largest absolute Gasteiger partial charge is 0.335 e. The lowest BCUT2D eigenvalue weighted by Gasteiger charge is -2.17. The number of aryl methyl sites for hydroxylation is 1. The van der Waals surface area contributed by atoms with Crippen LogP contribution < -0.4 is 0 Å². The molecular formula is C11H17BrN2. The van der Waals surface area contributed by atoms with Crippen molar-refractivity contribution in [3.05, 3.63) is 18.2 Å². The van der Waals surface area contributed by atoms with E-state index in [1.807, 2.05) is 6.20 Å². The molecule has 14 heavy (non-hydrogen) atoms. The Balaban J connectivity index is 2.23. The van der Waals surface area contributed by atoms with E-state index in [4.69, 9.17) is 0 Å². The maximum Gasteiger partial charge on any atom is 0.112 e. The second-order valence-corrected chi connectivity index (χ2v) is 5.31. The van der Waals surface area contributed by atoms with Crippen molar-refractivity contribution in [2.75, 3.05) is 0 Å². The zero-order valence-electron chi connectivity index (χ0n) is 8.78. The highest BCUT2D eigenvalue weighted by Gasteiger charge is 2.34. The Kier molecular flexibility index (Phi) is 2.96. The molecule has 0 bridgehead atoms. The van der Waals surface area contributed by atoms with E-state index in [-0.39, 0.29) is 0 Å². The second kappa shape index (κ2) is 4.05. The number of hydrogen-bond acceptors (Lipinski definition) is 1. The van der Waals surface area contributed by atoms with Crippen LogP contribution >= 0.6 is 15.9 Å². The molecule has 0 aliphatic heterocycles. The Labute approximate surface area is 93.9 Å². The van der Waals surface area contributed by atoms with Crippen LogP contribution in [0.25, 0.3) is 0 Å². The van der Waals surface area contributed by atoms with Gasteiger partial charge in [0.05, 0.1) is 0 Å². The molecule has 0 spiro atoms. The fraction of sp³-hybridized carbons (Fsp3) is 0.727. The number of nitrogens with zero attached hydrogens (tertiary/aromatic N) is 2. The number of rotatable bonds is 2. The molecule has 2 rings (SSSR count). The van der Waals surface area contributed by atoms with E-state index in [0.717, 1.165) is 6.54 Å². The maximum absolute atomic E-state index is 4.50.